The van der Waals surface area contributed by atoms with E-state index in [0.29, 0.717) is 33.9 Å². The Kier molecular flexibility index (Phi) is 5.61. The largest absolute Gasteiger partial charge is 0.423 e. The van der Waals surface area contributed by atoms with Gasteiger partial charge in [-0.2, -0.15) is 0 Å². The average molecular weight is 449 g/mol. The van der Waals surface area contributed by atoms with E-state index < -0.39 is 0 Å². The van der Waals surface area contributed by atoms with Crippen LogP contribution in [0.3, 0.4) is 0 Å². The molecule has 2 aromatic heterocycles. The molecule has 2 aromatic carbocycles. The molecule has 5 rings (SSSR count). The molecule has 3 heterocycles. The normalized spacial score (nSPS) is 16.2. The third-order valence-electron chi connectivity index (χ3n) is 6.04. The predicted octanol–water partition coefficient (Wildman–Crippen LogP) is 4.59. The maximum atomic E-state index is 13.3. The summed E-state index contributed by atoms with van der Waals surface area (Å²) in [5.41, 5.74) is 3.91. The minimum absolute atomic E-state index is 0.0187. The van der Waals surface area contributed by atoms with Gasteiger partial charge in [-0.1, -0.05) is 23.9 Å². The van der Waals surface area contributed by atoms with Crippen molar-refractivity contribution in [2.75, 3.05) is 6.61 Å². The zero-order valence-electron chi connectivity index (χ0n) is 18.1. The van der Waals surface area contributed by atoms with E-state index in [-0.39, 0.29) is 17.3 Å². The van der Waals surface area contributed by atoms with Crippen LogP contribution in [0.5, 0.6) is 0 Å². The lowest BCUT2D eigenvalue weighted by Gasteiger charge is -2.16. The standard InChI is InChI=1S/C25H24N2O4S/c1-15-10-20-17(12-23(28)31-22(20)11-16(15)2)14-32-25-26-21-8-4-3-7-19(21)24(29)27(25)13-18-6-5-9-30-18/h3-4,7-8,10-12,18H,5-6,9,13-14H2,1-2H3. The smallest absolute Gasteiger partial charge is 0.336 e. The molecule has 0 saturated carbocycles. The summed E-state index contributed by atoms with van der Waals surface area (Å²) in [4.78, 5) is 30.3. The average Bonchev–Trinajstić information content (AvgIpc) is 3.29. The first kappa shape index (κ1) is 21.0. The SMILES string of the molecule is Cc1cc2oc(=O)cc(CSc3nc4ccccc4c(=O)n3CC3CCCO3)c2cc1C. The van der Waals surface area contributed by atoms with Gasteiger partial charge in [-0.25, -0.2) is 9.78 Å². The Bertz CT molecular complexity index is 1430. The van der Waals surface area contributed by atoms with Gasteiger partial charge in [-0.05, 0) is 67.6 Å². The van der Waals surface area contributed by atoms with Crippen LogP contribution in [-0.2, 0) is 17.0 Å². The van der Waals surface area contributed by atoms with Gasteiger partial charge >= 0.3 is 5.63 Å². The van der Waals surface area contributed by atoms with E-state index in [1.165, 1.54) is 17.8 Å². The molecular weight excluding hydrogens is 424 g/mol. The molecule has 0 aliphatic carbocycles. The van der Waals surface area contributed by atoms with Gasteiger partial charge in [0.2, 0.25) is 0 Å². The summed E-state index contributed by atoms with van der Waals surface area (Å²) in [5, 5.41) is 2.15. The molecule has 164 valence electrons. The molecule has 0 spiro atoms. The van der Waals surface area contributed by atoms with Crippen molar-refractivity contribution in [3.05, 3.63) is 79.9 Å². The molecule has 1 aliphatic rings. The van der Waals surface area contributed by atoms with Crippen LogP contribution in [0.2, 0.25) is 0 Å². The number of ether oxygens (including phenoxy) is 1. The Balaban J connectivity index is 1.56. The molecule has 4 aromatic rings. The number of aromatic nitrogens is 2. The summed E-state index contributed by atoms with van der Waals surface area (Å²) in [6.45, 7) is 5.25. The Morgan fingerprint density at radius 3 is 2.72 bits per heavy atom. The zero-order valence-corrected chi connectivity index (χ0v) is 18.9. The van der Waals surface area contributed by atoms with Gasteiger partial charge in [0.25, 0.3) is 5.56 Å². The Labute approximate surface area is 189 Å². The summed E-state index contributed by atoms with van der Waals surface area (Å²) in [6, 6.07) is 12.9. The first-order chi connectivity index (χ1) is 15.5. The molecule has 6 nitrogen and oxygen atoms in total. The molecule has 32 heavy (non-hydrogen) atoms. The molecule has 0 amide bonds. The second kappa shape index (κ2) is 8.56. The van der Waals surface area contributed by atoms with Crippen molar-refractivity contribution in [3.63, 3.8) is 0 Å². The van der Waals surface area contributed by atoms with E-state index in [1.54, 1.807) is 4.57 Å². The first-order valence-electron chi connectivity index (χ1n) is 10.8. The van der Waals surface area contributed by atoms with Crippen molar-refractivity contribution in [2.24, 2.45) is 0 Å². The van der Waals surface area contributed by atoms with Crippen molar-refractivity contribution < 1.29 is 9.15 Å². The van der Waals surface area contributed by atoms with E-state index in [0.717, 1.165) is 41.5 Å². The fourth-order valence-corrected chi connectivity index (χ4v) is 5.16. The minimum Gasteiger partial charge on any atom is -0.423 e. The van der Waals surface area contributed by atoms with E-state index in [4.69, 9.17) is 14.1 Å². The fourth-order valence-electron chi connectivity index (χ4n) is 4.16. The van der Waals surface area contributed by atoms with Gasteiger partial charge in [0.15, 0.2) is 5.16 Å². The lowest BCUT2D eigenvalue weighted by atomic mass is 10.0. The van der Waals surface area contributed by atoms with Crippen LogP contribution in [0.15, 0.2) is 61.6 Å². The monoisotopic (exact) mass is 448 g/mol. The van der Waals surface area contributed by atoms with E-state index in [9.17, 15) is 9.59 Å². The van der Waals surface area contributed by atoms with Crippen molar-refractivity contribution in [3.8, 4) is 0 Å². The number of nitrogens with zero attached hydrogens (tertiary/aromatic N) is 2. The highest BCUT2D eigenvalue weighted by atomic mass is 32.2. The zero-order chi connectivity index (χ0) is 22.2. The maximum Gasteiger partial charge on any atom is 0.336 e. The summed E-state index contributed by atoms with van der Waals surface area (Å²) in [6.07, 6.45) is 1.96. The van der Waals surface area contributed by atoms with Crippen LogP contribution < -0.4 is 11.2 Å². The fraction of sp³-hybridized carbons (Fsp3) is 0.320. The van der Waals surface area contributed by atoms with Crippen LogP contribution in [0, 0.1) is 13.8 Å². The lowest BCUT2D eigenvalue weighted by Crippen LogP contribution is -2.28. The minimum atomic E-state index is -0.375. The number of hydrogen-bond donors (Lipinski definition) is 0. The molecule has 0 radical (unpaired) electrons. The van der Waals surface area contributed by atoms with Crippen molar-refractivity contribution in [1.29, 1.82) is 0 Å². The van der Waals surface area contributed by atoms with Gasteiger partial charge in [0.05, 0.1) is 23.6 Å². The van der Waals surface area contributed by atoms with E-state index >= 15 is 0 Å². The third kappa shape index (κ3) is 3.98. The van der Waals surface area contributed by atoms with Gasteiger partial charge in [0.1, 0.15) is 5.58 Å². The quantitative estimate of drug-likeness (QED) is 0.253. The number of hydrogen-bond acceptors (Lipinski definition) is 6. The van der Waals surface area contributed by atoms with Gasteiger partial charge in [0, 0.05) is 23.8 Å². The Hall–Kier alpha value is -2.90. The number of para-hydroxylation sites is 1. The number of fused-ring (bicyclic) bond motifs is 2. The van der Waals surface area contributed by atoms with Crippen LogP contribution in [0.4, 0.5) is 0 Å². The molecule has 1 fully saturated rings. The highest BCUT2D eigenvalue weighted by Gasteiger charge is 2.20. The number of rotatable bonds is 5. The van der Waals surface area contributed by atoms with Crippen LogP contribution in [0.25, 0.3) is 21.9 Å². The molecule has 1 saturated heterocycles. The van der Waals surface area contributed by atoms with Crippen molar-refractivity contribution >= 4 is 33.6 Å². The third-order valence-corrected chi connectivity index (χ3v) is 7.06. The molecular formula is C25H24N2O4S. The summed E-state index contributed by atoms with van der Waals surface area (Å²) < 4.78 is 12.9. The highest BCUT2D eigenvalue weighted by molar-refractivity contribution is 7.98. The molecule has 1 atom stereocenters. The van der Waals surface area contributed by atoms with Gasteiger partial charge in [-0.3, -0.25) is 9.36 Å². The highest BCUT2D eigenvalue weighted by Crippen LogP contribution is 2.28. The number of thioether (sulfide) groups is 1. The molecule has 0 N–H and O–H groups in total. The lowest BCUT2D eigenvalue weighted by molar-refractivity contribution is 0.0937. The van der Waals surface area contributed by atoms with Crippen LogP contribution >= 0.6 is 11.8 Å². The second-order valence-electron chi connectivity index (χ2n) is 8.27. The van der Waals surface area contributed by atoms with Gasteiger partial charge in [-0.15, -0.1) is 0 Å². The summed E-state index contributed by atoms with van der Waals surface area (Å²) >= 11 is 1.46. The van der Waals surface area contributed by atoms with Gasteiger partial charge < -0.3 is 9.15 Å². The Morgan fingerprint density at radius 2 is 1.91 bits per heavy atom. The first-order valence-corrected chi connectivity index (χ1v) is 11.8. The van der Waals surface area contributed by atoms with E-state index in [1.807, 2.05) is 44.2 Å². The predicted molar refractivity (Wildman–Crippen MR) is 126 cm³/mol. The van der Waals surface area contributed by atoms with Crippen LogP contribution in [-0.4, -0.2) is 22.3 Å². The Morgan fingerprint density at radius 1 is 1.09 bits per heavy atom. The number of aryl methyl sites for hydroxylation is 2. The molecule has 1 unspecified atom stereocenters. The molecule has 0 bridgehead atoms. The topological polar surface area (TPSA) is 74.3 Å². The second-order valence-corrected chi connectivity index (χ2v) is 9.22. The summed E-state index contributed by atoms with van der Waals surface area (Å²) in [5.74, 6) is 0.501. The van der Waals surface area contributed by atoms with Crippen molar-refractivity contribution in [2.45, 2.75) is 50.2 Å². The van der Waals surface area contributed by atoms with Crippen molar-refractivity contribution in [1.82, 2.24) is 9.55 Å². The molecule has 1 aliphatic heterocycles. The molecule has 7 heteroatoms. The number of benzene rings is 2. The maximum absolute atomic E-state index is 13.3. The van der Waals surface area contributed by atoms with E-state index in [2.05, 4.69) is 6.07 Å². The summed E-state index contributed by atoms with van der Waals surface area (Å²) in [7, 11) is 0. The van der Waals surface area contributed by atoms with Crippen LogP contribution in [0.1, 0.15) is 29.5 Å².